The molecule has 0 spiro atoms. The third kappa shape index (κ3) is 13.0. The van der Waals surface area contributed by atoms with Crippen LogP contribution in [0.1, 0.15) is 47.0 Å². The van der Waals surface area contributed by atoms with E-state index in [1.165, 1.54) is 21.6 Å². The minimum Gasteiger partial charge on any atom is -0.481 e. The highest BCUT2D eigenvalue weighted by Crippen LogP contribution is 2.25. The van der Waals surface area contributed by atoms with Gasteiger partial charge in [-0.25, -0.2) is 0 Å². The summed E-state index contributed by atoms with van der Waals surface area (Å²) in [7, 11) is 2.74. The first kappa shape index (κ1) is 24.8. The molecule has 0 aliphatic carbocycles. The van der Waals surface area contributed by atoms with Gasteiger partial charge in [0.05, 0.1) is 11.8 Å². The van der Waals surface area contributed by atoms with E-state index >= 15 is 0 Å². The molecular weight excluding hydrogens is 378 g/mol. The van der Waals surface area contributed by atoms with E-state index in [-0.39, 0.29) is 61.2 Å². The molecule has 0 bridgehead atoms. The lowest BCUT2D eigenvalue weighted by Gasteiger charge is -2.12. The number of rotatable bonds is 14. The quantitative estimate of drug-likeness (QED) is 0.257. The number of hydrogen-bond acceptors (Lipinski definition) is 7. The zero-order valence-electron chi connectivity index (χ0n) is 15.8. The van der Waals surface area contributed by atoms with Crippen LogP contribution in [0.25, 0.3) is 0 Å². The Hall–Kier alpha value is -1.22. The first-order valence-corrected chi connectivity index (χ1v) is 11.1. The van der Waals surface area contributed by atoms with Gasteiger partial charge in [0.25, 0.3) is 0 Å². The average molecular weight is 408 g/mol. The number of carboxylic acid groups (broad SMARTS) is 1. The van der Waals surface area contributed by atoms with Gasteiger partial charge in [0.15, 0.2) is 0 Å². The molecule has 0 heterocycles. The van der Waals surface area contributed by atoms with Gasteiger partial charge < -0.3 is 15.2 Å². The highest BCUT2D eigenvalue weighted by atomic mass is 33.1. The van der Waals surface area contributed by atoms with Crippen molar-refractivity contribution in [3.63, 3.8) is 0 Å². The molecule has 9 heteroatoms. The maximum absolute atomic E-state index is 11.9. The van der Waals surface area contributed by atoms with Gasteiger partial charge in [-0.15, -0.1) is 0 Å². The lowest BCUT2D eigenvalue weighted by atomic mass is 10.0. The van der Waals surface area contributed by atoms with Crippen molar-refractivity contribution in [3.05, 3.63) is 0 Å². The molecule has 1 atom stereocenters. The lowest BCUT2D eigenvalue weighted by Crippen LogP contribution is -2.30. The van der Waals surface area contributed by atoms with Crippen LogP contribution >= 0.6 is 21.6 Å². The molecule has 150 valence electrons. The Morgan fingerprint density at radius 3 is 2.23 bits per heavy atom. The Morgan fingerprint density at radius 2 is 1.69 bits per heavy atom. The summed E-state index contributed by atoms with van der Waals surface area (Å²) in [5.74, 6) is -1.84. The average Bonchev–Trinajstić information content (AvgIpc) is 2.53. The molecule has 1 unspecified atom stereocenters. The van der Waals surface area contributed by atoms with E-state index in [0.29, 0.717) is 5.75 Å². The van der Waals surface area contributed by atoms with Gasteiger partial charge in [0.1, 0.15) is 12.4 Å². The van der Waals surface area contributed by atoms with Gasteiger partial charge in [-0.1, -0.05) is 35.4 Å². The number of Topliss-reactive ketones (excluding diaryl/α,β-unsaturated/α-hetero) is 1. The molecule has 0 radical (unpaired) electrons. The minimum atomic E-state index is -1.02. The van der Waals surface area contributed by atoms with Gasteiger partial charge in [0, 0.05) is 36.8 Å². The molecule has 0 aromatic heterocycles. The molecule has 1 amide bonds. The predicted molar refractivity (Wildman–Crippen MR) is 104 cm³/mol. The van der Waals surface area contributed by atoms with Crippen molar-refractivity contribution >= 4 is 45.2 Å². The van der Waals surface area contributed by atoms with Crippen LogP contribution < -0.4 is 5.32 Å². The summed E-state index contributed by atoms with van der Waals surface area (Å²) in [5.41, 5.74) is 0. The summed E-state index contributed by atoms with van der Waals surface area (Å²) in [6.07, 6.45) is 0.0396. The van der Waals surface area contributed by atoms with Gasteiger partial charge in [-0.05, 0) is 13.8 Å². The van der Waals surface area contributed by atoms with Crippen LogP contribution in [-0.4, -0.2) is 52.9 Å². The molecule has 0 saturated carbocycles. The van der Waals surface area contributed by atoms with Crippen molar-refractivity contribution in [3.8, 4) is 0 Å². The summed E-state index contributed by atoms with van der Waals surface area (Å²) < 4.78 is 5.02. The van der Waals surface area contributed by atoms with Crippen LogP contribution in [-0.2, 0) is 23.9 Å². The zero-order chi connectivity index (χ0) is 20.1. The SMILES string of the molecule is CC(C)NC(=O)CCC(=O)CC(CSSCCOC(=O)C(C)C)C(=O)O. The van der Waals surface area contributed by atoms with Gasteiger partial charge in [0.2, 0.25) is 5.91 Å². The molecule has 2 N–H and O–H groups in total. The number of carbonyl (C=O) groups excluding carboxylic acids is 3. The highest BCUT2D eigenvalue weighted by molar-refractivity contribution is 8.76. The summed E-state index contributed by atoms with van der Waals surface area (Å²) in [5, 5.41) is 11.9. The molecule has 0 aromatic rings. The van der Waals surface area contributed by atoms with Crippen molar-refractivity contribution in [2.24, 2.45) is 11.8 Å². The van der Waals surface area contributed by atoms with Crippen molar-refractivity contribution < 1.29 is 29.0 Å². The van der Waals surface area contributed by atoms with Crippen molar-refractivity contribution in [1.82, 2.24) is 5.32 Å². The number of ketones is 1. The minimum absolute atomic E-state index is 0.0117. The van der Waals surface area contributed by atoms with Crippen LogP contribution in [0.15, 0.2) is 0 Å². The Labute approximate surface area is 162 Å². The second-order valence-corrected chi connectivity index (χ2v) is 9.06. The molecule has 0 fully saturated rings. The Balaban J connectivity index is 4.02. The summed E-state index contributed by atoms with van der Waals surface area (Å²) >= 11 is 0. The summed E-state index contributed by atoms with van der Waals surface area (Å²) in [6.45, 7) is 7.45. The number of carbonyl (C=O) groups is 4. The maximum Gasteiger partial charge on any atom is 0.308 e. The van der Waals surface area contributed by atoms with Gasteiger partial charge >= 0.3 is 11.9 Å². The molecule has 0 aromatic carbocycles. The number of aliphatic carboxylic acids is 1. The van der Waals surface area contributed by atoms with E-state index in [0.717, 1.165) is 0 Å². The van der Waals surface area contributed by atoms with Crippen molar-refractivity contribution in [2.75, 3.05) is 18.1 Å². The molecule has 0 rings (SSSR count). The number of ether oxygens (including phenoxy) is 1. The third-order valence-electron chi connectivity index (χ3n) is 3.14. The van der Waals surface area contributed by atoms with Crippen LogP contribution in [0.3, 0.4) is 0 Å². The van der Waals surface area contributed by atoms with E-state index in [9.17, 15) is 24.3 Å². The Kier molecular flexibility index (Phi) is 13.3. The third-order valence-corrected chi connectivity index (χ3v) is 5.59. The molecule has 0 aliphatic rings. The number of amides is 1. The predicted octanol–water partition coefficient (Wildman–Crippen LogP) is 2.53. The van der Waals surface area contributed by atoms with E-state index in [4.69, 9.17) is 4.74 Å². The van der Waals surface area contributed by atoms with Crippen LogP contribution in [0.2, 0.25) is 0 Å². The molecule has 26 heavy (non-hydrogen) atoms. The largest absolute Gasteiger partial charge is 0.481 e. The van der Waals surface area contributed by atoms with Crippen molar-refractivity contribution in [2.45, 2.75) is 53.0 Å². The molecule has 0 saturated heterocycles. The fourth-order valence-electron chi connectivity index (χ4n) is 1.77. The highest BCUT2D eigenvalue weighted by Gasteiger charge is 2.22. The lowest BCUT2D eigenvalue weighted by molar-refractivity contribution is -0.146. The standard InChI is InChI=1S/C17H29NO6S2/c1-11(2)17(23)24-7-8-25-26-10-13(16(21)22)9-14(19)5-6-15(20)18-12(3)4/h11-13H,5-10H2,1-4H3,(H,18,20)(H,21,22). The first-order chi connectivity index (χ1) is 12.1. The van der Waals surface area contributed by atoms with Gasteiger partial charge in [-0.2, -0.15) is 0 Å². The van der Waals surface area contributed by atoms with Gasteiger partial charge in [-0.3, -0.25) is 19.2 Å². The van der Waals surface area contributed by atoms with E-state index < -0.39 is 11.9 Å². The summed E-state index contributed by atoms with van der Waals surface area (Å²) in [6, 6.07) is 0.0117. The second kappa shape index (κ2) is 13.9. The second-order valence-electron chi connectivity index (χ2n) is 6.43. The van der Waals surface area contributed by atoms with E-state index in [1.54, 1.807) is 13.8 Å². The normalized spacial score (nSPS) is 12.1. The van der Waals surface area contributed by atoms with E-state index in [2.05, 4.69) is 5.32 Å². The molecular formula is C17H29NO6S2. The van der Waals surface area contributed by atoms with Crippen LogP contribution in [0.5, 0.6) is 0 Å². The molecule has 0 aliphatic heterocycles. The smallest absolute Gasteiger partial charge is 0.308 e. The number of nitrogens with one attached hydrogen (secondary N) is 1. The summed E-state index contributed by atoms with van der Waals surface area (Å²) in [4.78, 5) is 46.0. The number of carboxylic acids is 1. The maximum atomic E-state index is 11.9. The fraction of sp³-hybridized carbons (Fsp3) is 0.765. The van der Waals surface area contributed by atoms with Crippen LogP contribution in [0.4, 0.5) is 0 Å². The Bertz CT molecular complexity index is 482. The zero-order valence-corrected chi connectivity index (χ0v) is 17.4. The monoisotopic (exact) mass is 407 g/mol. The fourth-order valence-corrected chi connectivity index (χ4v) is 3.90. The van der Waals surface area contributed by atoms with E-state index in [1.807, 2.05) is 13.8 Å². The number of esters is 1. The van der Waals surface area contributed by atoms with Crippen LogP contribution in [0, 0.1) is 11.8 Å². The van der Waals surface area contributed by atoms with Crippen molar-refractivity contribution in [1.29, 1.82) is 0 Å². The topological polar surface area (TPSA) is 110 Å². The number of hydrogen-bond donors (Lipinski definition) is 2. The first-order valence-electron chi connectivity index (χ1n) is 8.58. The Morgan fingerprint density at radius 1 is 1.04 bits per heavy atom. The molecule has 7 nitrogen and oxygen atoms in total.